The third kappa shape index (κ3) is 4.80. The monoisotopic (exact) mass is 219 g/mol. The number of rotatable bonds is 6. The minimum atomic E-state index is 0.448. The van der Waals surface area contributed by atoms with E-state index in [1.54, 1.807) is 0 Å². The highest BCUT2D eigenvalue weighted by atomic mass is 14.9. The van der Waals surface area contributed by atoms with E-state index in [1.807, 2.05) is 0 Å². The fourth-order valence-electron chi connectivity index (χ4n) is 1.93. The molecule has 0 radical (unpaired) electrons. The molecule has 16 heavy (non-hydrogen) atoms. The van der Waals surface area contributed by atoms with Crippen molar-refractivity contribution in [3.05, 3.63) is 35.9 Å². The molecule has 0 saturated carbocycles. The molecule has 0 aromatic heterocycles. The molecule has 2 atom stereocenters. The topological polar surface area (TPSA) is 12.0 Å². The average Bonchev–Trinajstić information content (AvgIpc) is 2.27. The van der Waals surface area contributed by atoms with Crippen LogP contribution in [-0.2, 0) is 0 Å². The fourth-order valence-corrected chi connectivity index (χ4v) is 1.93. The molecule has 0 aliphatic heterocycles. The van der Waals surface area contributed by atoms with Gasteiger partial charge in [-0.3, -0.25) is 0 Å². The van der Waals surface area contributed by atoms with Gasteiger partial charge < -0.3 is 5.32 Å². The van der Waals surface area contributed by atoms with Gasteiger partial charge in [0.15, 0.2) is 0 Å². The van der Waals surface area contributed by atoms with Crippen LogP contribution in [0, 0.1) is 5.92 Å². The molecule has 0 amide bonds. The highest BCUT2D eigenvalue weighted by Gasteiger charge is 2.09. The van der Waals surface area contributed by atoms with E-state index in [9.17, 15) is 0 Å². The number of hydrogen-bond donors (Lipinski definition) is 1. The molecule has 1 N–H and O–H groups in total. The Morgan fingerprint density at radius 2 is 1.56 bits per heavy atom. The quantitative estimate of drug-likeness (QED) is 0.757. The summed E-state index contributed by atoms with van der Waals surface area (Å²) >= 11 is 0. The first-order chi connectivity index (χ1) is 7.59. The molecule has 1 nitrogen and oxygen atoms in total. The second kappa shape index (κ2) is 6.70. The minimum Gasteiger partial charge on any atom is -0.308 e. The first kappa shape index (κ1) is 13.2. The van der Waals surface area contributed by atoms with Crippen LogP contribution < -0.4 is 5.32 Å². The number of nitrogens with one attached hydrogen (secondary N) is 1. The van der Waals surface area contributed by atoms with E-state index in [0.29, 0.717) is 12.1 Å². The Balaban J connectivity index is 2.36. The largest absolute Gasteiger partial charge is 0.308 e. The predicted molar refractivity (Wildman–Crippen MR) is 71.5 cm³/mol. The molecule has 1 aromatic rings. The van der Waals surface area contributed by atoms with Crippen LogP contribution in [0.2, 0.25) is 0 Å². The third-order valence-corrected chi connectivity index (χ3v) is 3.01. The van der Waals surface area contributed by atoms with Crippen molar-refractivity contribution in [3.63, 3.8) is 0 Å². The number of benzene rings is 1. The van der Waals surface area contributed by atoms with Crippen LogP contribution in [0.5, 0.6) is 0 Å². The molecule has 0 aliphatic rings. The lowest BCUT2D eigenvalue weighted by molar-refractivity contribution is 0.417. The highest BCUT2D eigenvalue weighted by Crippen LogP contribution is 2.14. The maximum Gasteiger partial charge on any atom is 0.0294 e. The Labute approximate surface area is 100 Å². The zero-order chi connectivity index (χ0) is 12.0. The normalized spacial score (nSPS) is 15.1. The molecule has 0 bridgehead atoms. The molecule has 1 heteroatoms. The maximum atomic E-state index is 3.65. The van der Waals surface area contributed by atoms with Crippen molar-refractivity contribution in [1.82, 2.24) is 5.32 Å². The molecular weight excluding hydrogens is 194 g/mol. The van der Waals surface area contributed by atoms with Crippen LogP contribution in [0.25, 0.3) is 0 Å². The van der Waals surface area contributed by atoms with E-state index >= 15 is 0 Å². The molecule has 0 aliphatic carbocycles. The van der Waals surface area contributed by atoms with Gasteiger partial charge in [-0.15, -0.1) is 0 Å². The van der Waals surface area contributed by atoms with Gasteiger partial charge in [0.1, 0.15) is 0 Å². The summed E-state index contributed by atoms with van der Waals surface area (Å²) in [5, 5.41) is 3.65. The van der Waals surface area contributed by atoms with Crippen LogP contribution >= 0.6 is 0 Å². The lowest BCUT2D eigenvalue weighted by Gasteiger charge is -2.21. The summed E-state index contributed by atoms with van der Waals surface area (Å²) in [6, 6.07) is 11.7. The van der Waals surface area contributed by atoms with Crippen molar-refractivity contribution in [1.29, 1.82) is 0 Å². The first-order valence-electron chi connectivity index (χ1n) is 6.40. The van der Waals surface area contributed by atoms with Crippen molar-refractivity contribution in [2.45, 2.75) is 52.6 Å². The molecule has 1 unspecified atom stereocenters. The Kier molecular flexibility index (Phi) is 5.54. The maximum absolute atomic E-state index is 3.65. The van der Waals surface area contributed by atoms with Gasteiger partial charge in [0, 0.05) is 12.1 Å². The Hall–Kier alpha value is -0.820. The Morgan fingerprint density at radius 3 is 2.12 bits per heavy atom. The van der Waals surface area contributed by atoms with Gasteiger partial charge in [0.05, 0.1) is 0 Å². The predicted octanol–water partition coefficient (Wildman–Crippen LogP) is 4.16. The van der Waals surface area contributed by atoms with Gasteiger partial charge in [-0.25, -0.2) is 0 Å². The van der Waals surface area contributed by atoms with E-state index in [0.717, 1.165) is 5.92 Å². The second-order valence-electron chi connectivity index (χ2n) is 5.17. The molecule has 1 aromatic carbocycles. The second-order valence-corrected chi connectivity index (χ2v) is 5.17. The Morgan fingerprint density at radius 1 is 0.938 bits per heavy atom. The summed E-state index contributed by atoms with van der Waals surface area (Å²) < 4.78 is 0. The van der Waals surface area contributed by atoms with Crippen LogP contribution in [0.4, 0.5) is 0 Å². The molecule has 90 valence electrons. The van der Waals surface area contributed by atoms with Crippen LogP contribution in [0.15, 0.2) is 30.3 Å². The third-order valence-electron chi connectivity index (χ3n) is 3.01. The van der Waals surface area contributed by atoms with Crippen LogP contribution in [0.1, 0.15) is 52.1 Å². The summed E-state index contributed by atoms with van der Waals surface area (Å²) in [5.41, 5.74) is 1.37. The van der Waals surface area contributed by atoms with Crippen molar-refractivity contribution >= 4 is 0 Å². The Bertz CT molecular complexity index is 279. The molecule has 0 spiro atoms. The van der Waals surface area contributed by atoms with Crippen molar-refractivity contribution in [2.75, 3.05) is 0 Å². The zero-order valence-corrected chi connectivity index (χ0v) is 11.0. The van der Waals surface area contributed by atoms with Crippen molar-refractivity contribution in [2.24, 2.45) is 5.92 Å². The molecule has 0 heterocycles. The van der Waals surface area contributed by atoms with E-state index < -0.39 is 0 Å². The lowest BCUT2D eigenvalue weighted by Crippen LogP contribution is -2.29. The molecular formula is C15H25N. The van der Waals surface area contributed by atoms with Gasteiger partial charge >= 0.3 is 0 Å². The van der Waals surface area contributed by atoms with Gasteiger partial charge in [0.25, 0.3) is 0 Å². The summed E-state index contributed by atoms with van der Waals surface area (Å²) in [6.07, 6.45) is 2.56. The standard InChI is InChI=1S/C15H25N/c1-12(2)10-11-13(3)16-14(4)15-8-6-5-7-9-15/h5-9,12-14,16H,10-11H2,1-4H3/t13?,14-/m1/s1. The van der Waals surface area contributed by atoms with Gasteiger partial charge in [-0.05, 0) is 38.2 Å². The van der Waals surface area contributed by atoms with Gasteiger partial charge in [-0.2, -0.15) is 0 Å². The van der Waals surface area contributed by atoms with E-state index in [1.165, 1.54) is 18.4 Å². The molecule has 1 rings (SSSR count). The SMILES string of the molecule is CC(C)CCC(C)N[C@H](C)c1ccccc1. The molecule has 0 fully saturated rings. The van der Waals surface area contributed by atoms with Gasteiger partial charge in [-0.1, -0.05) is 44.2 Å². The van der Waals surface area contributed by atoms with E-state index in [4.69, 9.17) is 0 Å². The van der Waals surface area contributed by atoms with Crippen molar-refractivity contribution < 1.29 is 0 Å². The average molecular weight is 219 g/mol. The van der Waals surface area contributed by atoms with Gasteiger partial charge in [0.2, 0.25) is 0 Å². The van der Waals surface area contributed by atoms with Crippen LogP contribution in [-0.4, -0.2) is 6.04 Å². The summed E-state index contributed by atoms with van der Waals surface area (Å²) in [6.45, 7) is 9.09. The summed E-state index contributed by atoms with van der Waals surface area (Å²) in [4.78, 5) is 0. The molecule has 0 saturated heterocycles. The fraction of sp³-hybridized carbons (Fsp3) is 0.600. The first-order valence-corrected chi connectivity index (χ1v) is 6.40. The summed E-state index contributed by atoms with van der Waals surface area (Å²) in [7, 11) is 0. The number of hydrogen-bond acceptors (Lipinski definition) is 1. The van der Waals surface area contributed by atoms with Crippen molar-refractivity contribution in [3.8, 4) is 0 Å². The highest BCUT2D eigenvalue weighted by molar-refractivity contribution is 5.18. The van der Waals surface area contributed by atoms with Crippen LogP contribution in [0.3, 0.4) is 0 Å². The van der Waals surface area contributed by atoms with E-state index in [-0.39, 0.29) is 0 Å². The summed E-state index contributed by atoms with van der Waals surface area (Å²) in [5.74, 6) is 0.802. The lowest BCUT2D eigenvalue weighted by atomic mass is 10.0. The minimum absolute atomic E-state index is 0.448. The zero-order valence-electron chi connectivity index (χ0n) is 11.0. The van der Waals surface area contributed by atoms with E-state index in [2.05, 4.69) is 63.3 Å². The smallest absolute Gasteiger partial charge is 0.0294 e.